The van der Waals surface area contributed by atoms with Crippen LogP contribution in [0.25, 0.3) is 0 Å². The van der Waals surface area contributed by atoms with Gasteiger partial charge in [0.05, 0.1) is 6.42 Å². The van der Waals surface area contributed by atoms with Gasteiger partial charge in [-0.3, -0.25) is 9.59 Å². The number of hydrogen-bond donors (Lipinski definition) is 0. The normalized spacial score (nSPS) is 11.5. The van der Waals surface area contributed by atoms with Crippen molar-refractivity contribution in [1.82, 2.24) is 0 Å². The van der Waals surface area contributed by atoms with E-state index in [1.54, 1.807) is 0 Å². The highest BCUT2D eigenvalue weighted by Crippen LogP contribution is 2.39. The molecule has 0 aliphatic carbocycles. The van der Waals surface area contributed by atoms with Crippen molar-refractivity contribution in [3.8, 4) is 0 Å². The van der Waals surface area contributed by atoms with Gasteiger partial charge in [-0.15, -0.1) is 0 Å². The lowest BCUT2D eigenvalue weighted by Crippen LogP contribution is -2.34. The van der Waals surface area contributed by atoms with Crippen LogP contribution in [-0.2, 0) is 30.3 Å². The number of rotatable bonds is 10. The quantitative estimate of drug-likeness (QED) is 0.202. The van der Waals surface area contributed by atoms with Crippen molar-refractivity contribution in [3.05, 3.63) is 144 Å². The largest absolute Gasteiger partial charge is 0.451 e. The average Bonchev–Trinajstić information content (AvgIpc) is 2.93. The lowest BCUT2D eigenvalue weighted by Gasteiger charge is -2.34. The maximum absolute atomic E-state index is 13.4. The van der Waals surface area contributed by atoms with E-state index in [1.165, 1.54) is 0 Å². The van der Waals surface area contributed by atoms with Crippen LogP contribution in [0.15, 0.2) is 121 Å². The van der Waals surface area contributed by atoms with E-state index in [-0.39, 0.29) is 18.8 Å². The zero-order valence-corrected chi connectivity index (χ0v) is 19.7. The van der Waals surface area contributed by atoms with Crippen LogP contribution in [0.5, 0.6) is 0 Å². The summed E-state index contributed by atoms with van der Waals surface area (Å²) in [6.45, 7) is 2.35. The topological polar surface area (TPSA) is 52.6 Å². The van der Waals surface area contributed by atoms with Crippen molar-refractivity contribution in [1.29, 1.82) is 0 Å². The van der Waals surface area contributed by atoms with E-state index in [1.807, 2.05) is 128 Å². The van der Waals surface area contributed by atoms with Crippen LogP contribution in [0.2, 0.25) is 0 Å². The summed E-state index contributed by atoms with van der Waals surface area (Å²) in [5.74, 6) is -0.383. The first-order chi connectivity index (χ1) is 17.1. The highest BCUT2D eigenvalue weighted by molar-refractivity contribution is 5.71. The lowest BCUT2D eigenvalue weighted by atomic mass is 9.82. The first kappa shape index (κ1) is 24.0. The molecule has 4 aromatic rings. The lowest BCUT2D eigenvalue weighted by molar-refractivity contribution is -0.158. The van der Waals surface area contributed by atoms with E-state index < -0.39 is 11.2 Å². The molecule has 4 nitrogen and oxygen atoms in total. The fraction of sp³-hybridized carbons (Fsp3) is 0.161. The Bertz CT molecular complexity index is 1140. The standard InChI is InChI=1S/C31H28O4/c1-30(25-14-6-2-7-15-25,26-16-8-3-9-17-26)35-29(33)22-23-31(34-24-32,27-18-10-4-11-19-27)28-20-12-5-13-21-28/h2-21,24H,22-23H2,1H3. The molecule has 4 heteroatoms. The van der Waals surface area contributed by atoms with Gasteiger partial charge in [-0.05, 0) is 18.1 Å². The number of esters is 1. The van der Waals surface area contributed by atoms with Crippen molar-refractivity contribution in [2.24, 2.45) is 0 Å². The Balaban J connectivity index is 1.65. The van der Waals surface area contributed by atoms with Crippen LogP contribution in [0.3, 0.4) is 0 Å². The summed E-state index contributed by atoms with van der Waals surface area (Å²) in [5, 5.41) is 0. The van der Waals surface area contributed by atoms with E-state index in [2.05, 4.69) is 0 Å². The number of carbonyl (C=O) groups is 2. The minimum Gasteiger partial charge on any atom is -0.451 e. The molecule has 35 heavy (non-hydrogen) atoms. The summed E-state index contributed by atoms with van der Waals surface area (Å²) in [6.07, 6.45) is 0.283. The second kappa shape index (κ2) is 10.8. The minimum absolute atomic E-state index is 0.0485. The Hall–Kier alpha value is -4.18. The molecule has 0 fully saturated rings. The first-order valence-corrected chi connectivity index (χ1v) is 11.6. The summed E-state index contributed by atoms with van der Waals surface area (Å²) >= 11 is 0. The predicted octanol–water partition coefficient (Wildman–Crippen LogP) is 6.39. The van der Waals surface area contributed by atoms with Crippen molar-refractivity contribution >= 4 is 12.4 Å². The van der Waals surface area contributed by atoms with Gasteiger partial charge in [-0.2, -0.15) is 0 Å². The second-order valence-corrected chi connectivity index (χ2v) is 8.51. The van der Waals surface area contributed by atoms with Crippen molar-refractivity contribution < 1.29 is 19.1 Å². The molecule has 0 heterocycles. The molecule has 0 saturated heterocycles. The van der Waals surface area contributed by atoms with Gasteiger partial charge in [0.2, 0.25) is 0 Å². The van der Waals surface area contributed by atoms with Crippen LogP contribution in [-0.4, -0.2) is 12.4 Å². The number of ether oxygens (including phenoxy) is 2. The van der Waals surface area contributed by atoms with Gasteiger partial charge in [-0.25, -0.2) is 0 Å². The molecule has 0 saturated carbocycles. The van der Waals surface area contributed by atoms with Crippen LogP contribution >= 0.6 is 0 Å². The van der Waals surface area contributed by atoms with Crippen LogP contribution in [0.1, 0.15) is 42.0 Å². The summed E-state index contributed by atoms with van der Waals surface area (Å²) in [6, 6.07) is 38.4. The molecule has 0 spiro atoms. The molecular weight excluding hydrogens is 436 g/mol. The summed E-state index contributed by atoms with van der Waals surface area (Å²) in [7, 11) is 0. The van der Waals surface area contributed by atoms with E-state index >= 15 is 0 Å². The molecular formula is C31H28O4. The Labute approximate surface area is 206 Å². The molecule has 4 rings (SSSR count). The van der Waals surface area contributed by atoms with Gasteiger partial charge < -0.3 is 9.47 Å². The minimum atomic E-state index is -1.11. The zero-order chi connectivity index (χ0) is 24.6. The van der Waals surface area contributed by atoms with Gasteiger partial charge >= 0.3 is 5.97 Å². The van der Waals surface area contributed by atoms with Crippen molar-refractivity contribution in [3.63, 3.8) is 0 Å². The van der Waals surface area contributed by atoms with Gasteiger partial charge in [0, 0.05) is 17.5 Å². The van der Waals surface area contributed by atoms with E-state index in [9.17, 15) is 9.59 Å². The smallest absolute Gasteiger partial charge is 0.307 e. The molecule has 4 aromatic carbocycles. The Morgan fingerprint density at radius 3 is 1.40 bits per heavy atom. The van der Waals surface area contributed by atoms with E-state index in [0.29, 0.717) is 6.47 Å². The van der Waals surface area contributed by atoms with Gasteiger partial charge in [0.25, 0.3) is 6.47 Å². The fourth-order valence-electron chi connectivity index (χ4n) is 4.50. The molecule has 0 aliphatic rings. The predicted molar refractivity (Wildman–Crippen MR) is 135 cm³/mol. The maximum Gasteiger partial charge on any atom is 0.307 e. The first-order valence-electron chi connectivity index (χ1n) is 11.6. The van der Waals surface area contributed by atoms with Gasteiger partial charge in [-0.1, -0.05) is 121 Å². The highest BCUT2D eigenvalue weighted by Gasteiger charge is 2.39. The van der Waals surface area contributed by atoms with Gasteiger partial charge in [0.15, 0.2) is 11.2 Å². The zero-order valence-electron chi connectivity index (χ0n) is 19.7. The summed E-state index contributed by atoms with van der Waals surface area (Å²) in [4.78, 5) is 25.0. The van der Waals surface area contributed by atoms with Crippen LogP contribution < -0.4 is 0 Å². The molecule has 176 valence electrons. The van der Waals surface area contributed by atoms with Crippen molar-refractivity contribution in [2.45, 2.75) is 31.0 Å². The fourth-order valence-corrected chi connectivity index (χ4v) is 4.50. The van der Waals surface area contributed by atoms with Crippen molar-refractivity contribution in [2.75, 3.05) is 0 Å². The molecule has 0 amide bonds. The maximum atomic E-state index is 13.4. The third kappa shape index (κ3) is 5.17. The molecule has 0 atom stereocenters. The Morgan fingerprint density at radius 1 is 0.657 bits per heavy atom. The van der Waals surface area contributed by atoms with Crippen LogP contribution in [0, 0.1) is 0 Å². The SMILES string of the molecule is CC(OC(=O)CCC(OC=O)(c1ccccc1)c1ccccc1)(c1ccccc1)c1ccccc1. The monoisotopic (exact) mass is 464 g/mol. The number of carbonyl (C=O) groups excluding carboxylic acids is 2. The molecule has 0 aliphatic heterocycles. The highest BCUT2D eigenvalue weighted by atomic mass is 16.6. The second-order valence-electron chi connectivity index (χ2n) is 8.51. The summed E-state index contributed by atoms with van der Waals surface area (Å²) < 4.78 is 11.9. The van der Waals surface area contributed by atoms with Crippen LogP contribution in [0.4, 0.5) is 0 Å². The molecule has 0 aromatic heterocycles. The Kier molecular flexibility index (Phi) is 7.41. The molecule has 0 N–H and O–H groups in total. The third-order valence-electron chi connectivity index (χ3n) is 6.38. The molecule has 0 bridgehead atoms. The number of benzene rings is 4. The Morgan fingerprint density at radius 2 is 1.03 bits per heavy atom. The molecule has 0 radical (unpaired) electrons. The summed E-state index contributed by atoms with van der Waals surface area (Å²) in [5.41, 5.74) is 1.26. The van der Waals surface area contributed by atoms with E-state index in [0.717, 1.165) is 22.3 Å². The molecule has 0 unspecified atom stereocenters. The third-order valence-corrected chi connectivity index (χ3v) is 6.38. The van der Waals surface area contributed by atoms with Gasteiger partial charge in [0.1, 0.15) is 0 Å². The number of hydrogen-bond acceptors (Lipinski definition) is 4. The van der Waals surface area contributed by atoms with E-state index in [4.69, 9.17) is 9.47 Å². The average molecular weight is 465 g/mol.